The molecule has 1 saturated carbocycles. The van der Waals surface area contributed by atoms with Crippen molar-refractivity contribution in [1.29, 1.82) is 0 Å². The molecule has 3 atom stereocenters. The molecule has 118 valence electrons. The summed E-state index contributed by atoms with van der Waals surface area (Å²) in [7, 11) is -3.42. The van der Waals surface area contributed by atoms with E-state index in [4.69, 9.17) is 5.73 Å². The third-order valence-corrected chi connectivity index (χ3v) is 5.93. The van der Waals surface area contributed by atoms with Gasteiger partial charge >= 0.3 is 0 Å². The largest absolute Gasteiger partial charge is 0.324 e. The van der Waals surface area contributed by atoms with Gasteiger partial charge in [-0.25, -0.2) is 13.1 Å². The molecule has 1 aromatic rings. The molecule has 0 spiro atoms. The van der Waals surface area contributed by atoms with Crippen LogP contribution in [0.5, 0.6) is 0 Å². The van der Waals surface area contributed by atoms with Crippen LogP contribution in [0.2, 0.25) is 0 Å². The van der Waals surface area contributed by atoms with Crippen LogP contribution in [0, 0.1) is 5.92 Å². The lowest BCUT2D eigenvalue weighted by Gasteiger charge is -2.28. The van der Waals surface area contributed by atoms with Gasteiger partial charge in [-0.3, -0.25) is 0 Å². The van der Waals surface area contributed by atoms with E-state index >= 15 is 0 Å². The predicted octanol–water partition coefficient (Wildman–Crippen LogP) is 2.95. The Kier molecular flexibility index (Phi) is 5.41. The number of hydrogen-bond acceptors (Lipinski definition) is 3. The molecule has 4 nitrogen and oxygen atoms in total. The Bertz CT molecular complexity index is 552. The van der Waals surface area contributed by atoms with Gasteiger partial charge in [0.25, 0.3) is 0 Å². The fourth-order valence-corrected chi connectivity index (χ4v) is 4.29. The van der Waals surface area contributed by atoms with Crippen LogP contribution >= 0.6 is 0 Å². The molecule has 5 heteroatoms. The molecule has 0 aromatic heterocycles. The van der Waals surface area contributed by atoms with E-state index in [-0.39, 0.29) is 12.1 Å². The lowest BCUT2D eigenvalue weighted by atomic mass is 9.85. The Hall–Kier alpha value is -0.910. The van der Waals surface area contributed by atoms with E-state index in [0.717, 1.165) is 31.2 Å². The fraction of sp³-hybridized carbons (Fsp3) is 0.625. The lowest BCUT2D eigenvalue weighted by molar-refractivity contribution is 0.301. The lowest BCUT2D eigenvalue weighted by Crippen LogP contribution is -2.38. The second-order valence-corrected chi connectivity index (χ2v) is 7.83. The van der Waals surface area contributed by atoms with Gasteiger partial charge in [-0.15, -0.1) is 0 Å². The number of benzene rings is 1. The molecule has 0 radical (unpaired) electrons. The molecule has 3 unspecified atom stereocenters. The molecule has 0 aliphatic heterocycles. The molecule has 21 heavy (non-hydrogen) atoms. The van der Waals surface area contributed by atoms with Gasteiger partial charge < -0.3 is 5.73 Å². The average Bonchev–Trinajstić information content (AvgIpc) is 2.47. The van der Waals surface area contributed by atoms with Gasteiger partial charge in [0.1, 0.15) is 0 Å². The second kappa shape index (κ2) is 6.90. The summed E-state index contributed by atoms with van der Waals surface area (Å²) in [6, 6.07) is 6.84. The van der Waals surface area contributed by atoms with Gasteiger partial charge in [0.15, 0.2) is 0 Å². The number of nitrogens with two attached hydrogens (primary N) is 1. The van der Waals surface area contributed by atoms with Crippen molar-refractivity contribution in [3.05, 3.63) is 29.8 Å². The Morgan fingerprint density at radius 1 is 1.29 bits per heavy atom. The van der Waals surface area contributed by atoms with E-state index in [2.05, 4.69) is 11.6 Å². The number of nitrogens with one attached hydrogen (secondary N) is 1. The Morgan fingerprint density at radius 2 is 1.95 bits per heavy atom. The van der Waals surface area contributed by atoms with Crippen molar-refractivity contribution in [2.24, 2.45) is 11.7 Å². The Morgan fingerprint density at radius 3 is 2.52 bits per heavy atom. The molecule has 0 bridgehead atoms. The van der Waals surface area contributed by atoms with Crippen molar-refractivity contribution in [2.45, 2.75) is 62.9 Å². The highest BCUT2D eigenvalue weighted by atomic mass is 32.2. The Labute approximate surface area is 128 Å². The molecule has 2 rings (SSSR count). The molecular weight excluding hydrogens is 284 g/mol. The Balaban J connectivity index is 2.07. The van der Waals surface area contributed by atoms with E-state index in [1.807, 2.05) is 6.92 Å². The zero-order chi connectivity index (χ0) is 15.5. The molecule has 0 heterocycles. The van der Waals surface area contributed by atoms with Crippen molar-refractivity contribution in [3.8, 4) is 0 Å². The zero-order valence-corrected chi connectivity index (χ0v) is 13.7. The topological polar surface area (TPSA) is 72.2 Å². The van der Waals surface area contributed by atoms with Crippen LogP contribution < -0.4 is 10.5 Å². The van der Waals surface area contributed by atoms with Gasteiger partial charge in [0.2, 0.25) is 10.0 Å². The van der Waals surface area contributed by atoms with Gasteiger partial charge in [0, 0.05) is 12.1 Å². The van der Waals surface area contributed by atoms with Crippen LogP contribution in [0.25, 0.3) is 0 Å². The highest BCUT2D eigenvalue weighted by Gasteiger charge is 2.25. The molecule has 1 aliphatic carbocycles. The second-order valence-electron chi connectivity index (χ2n) is 6.12. The summed E-state index contributed by atoms with van der Waals surface area (Å²) in [5, 5.41) is 0. The van der Waals surface area contributed by atoms with Crippen LogP contribution in [0.15, 0.2) is 29.2 Å². The monoisotopic (exact) mass is 310 g/mol. The maximum absolute atomic E-state index is 12.4. The van der Waals surface area contributed by atoms with E-state index in [9.17, 15) is 8.42 Å². The van der Waals surface area contributed by atoms with Crippen LogP contribution in [0.1, 0.15) is 57.6 Å². The summed E-state index contributed by atoms with van der Waals surface area (Å²) in [5.74, 6) is 0.645. The smallest absolute Gasteiger partial charge is 0.240 e. The van der Waals surface area contributed by atoms with E-state index in [0.29, 0.717) is 10.8 Å². The van der Waals surface area contributed by atoms with Crippen LogP contribution in [0.3, 0.4) is 0 Å². The van der Waals surface area contributed by atoms with E-state index in [1.54, 1.807) is 24.3 Å². The van der Waals surface area contributed by atoms with Crippen LogP contribution in [-0.4, -0.2) is 14.5 Å². The summed E-state index contributed by atoms with van der Waals surface area (Å²) in [6.07, 6.45) is 5.34. The highest BCUT2D eigenvalue weighted by Crippen LogP contribution is 2.27. The first-order valence-electron chi connectivity index (χ1n) is 7.80. The van der Waals surface area contributed by atoms with Crippen LogP contribution in [0.4, 0.5) is 0 Å². The minimum Gasteiger partial charge on any atom is -0.324 e. The van der Waals surface area contributed by atoms with Crippen LogP contribution in [-0.2, 0) is 10.0 Å². The normalized spacial score (nSPS) is 24.7. The summed E-state index contributed by atoms with van der Waals surface area (Å²) in [6.45, 7) is 4.06. The molecule has 0 amide bonds. The van der Waals surface area contributed by atoms with Gasteiger partial charge in [-0.1, -0.05) is 38.3 Å². The number of rotatable bonds is 5. The van der Waals surface area contributed by atoms with Gasteiger partial charge in [-0.05, 0) is 43.4 Å². The summed E-state index contributed by atoms with van der Waals surface area (Å²) >= 11 is 0. The fourth-order valence-electron chi connectivity index (χ4n) is 3.01. The summed E-state index contributed by atoms with van der Waals surface area (Å²) in [5.41, 5.74) is 6.73. The minimum absolute atomic E-state index is 0.0711. The molecule has 1 fully saturated rings. The molecule has 1 aromatic carbocycles. The molecule has 1 aliphatic rings. The third-order valence-electron chi connectivity index (χ3n) is 4.40. The SMILES string of the molecule is CCC1CCCC(NS(=O)(=O)c2ccc(C(C)N)cc2)C1. The molecule has 0 saturated heterocycles. The number of sulfonamides is 1. The van der Waals surface area contributed by atoms with Crippen molar-refractivity contribution in [3.63, 3.8) is 0 Å². The quantitative estimate of drug-likeness (QED) is 0.878. The first kappa shape index (κ1) is 16.5. The molecular formula is C16H26N2O2S. The zero-order valence-electron chi connectivity index (χ0n) is 12.9. The van der Waals surface area contributed by atoms with E-state index in [1.165, 1.54) is 6.42 Å². The van der Waals surface area contributed by atoms with Gasteiger partial charge in [-0.2, -0.15) is 0 Å². The van der Waals surface area contributed by atoms with Crippen molar-refractivity contribution >= 4 is 10.0 Å². The minimum atomic E-state index is -3.42. The highest BCUT2D eigenvalue weighted by molar-refractivity contribution is 7.89. The van der Waals surface area contributed by atoms with Crippen molar-refractivity contribution in [1.82, 2.24) is 4.72 Å². The maximum Gasteiger partial charge on any atom is 0.240 e. The van der Waals surface area contributed by atoms with E-state index < -0.39 is 10.0 Å². The molecule has 3 N–H and O–H groups in total. The van der Waals surface area contributed by atoms with Gasteiger partial charge in [0.05, 0.1) is 4.90 Å². The third kappa shape index (κ3) is 4.28. The number of hydrogen-bond donors (Lipinski definition) is 2. The first-order chi connectivity index (χ1) is 9.92. The van der Waals surface area contributed by atoms with Crippen molar-refractivity contribution in [2.75, 3.05) is 0 Å². The summed E-state index contributed by atoms with van der Waals surface area (Å²) in [4.78, 5) is 0.325. The average molecular weight is 310 g/mol. The standard InChI is InChI=1S/C16H26N2O2S/c1-3-13-5-4-6-15(11-13)18-21(19,20)16-9-7-14(8-10-16)12(2)17/h7-10,12-13,15,18H,3-6,11,17H2,1-2H3. The first-order valence-corrected chi connectivity index (χ1v) is 9.28. The maximum atomic E-state index is 12.4. The van der Waals surface area contributed by atoms with Crippen molar-refractivity contribution < 1.29 is 8.42 Å². The predicted molar refractivity (Wildman–Crippen MR) is 85.4 cm³/mol. The summed E-state index contributed by atoms with van der Waals surface area (Å²) < 4.78 is 27.7.